The number of halogens is 1. The Kier molecular flexibility index (Phi) is 5.10. The van der Waals surface area contributed by atoms with E-state index >= 15 is 0 Å². The first-order valence-corrected chi connectivity index (χ1v) is 10.1. The topological polar surface area (TPSA) is 63.5 Å². The molecule has 1 aromatic heterocycles. The van der Waals surface area contributed by atoms with Gasteiger partial charge >= 0.3 is 0 Å². The van der Waals surface area contributed by atoms with Crippen molar-refractivity contribution in [3.63, 3.8) is 0 Å². The molecule has 0 spiro atoms. The summed E-state index contributed by atoms with van der Waals surface area (Å²) < 4.78 is 28.5. The van der Waals surface area contributed by atoms with Crippen LogP contribution in [0.1, 0.15) is 0 Å². The van der Waals surface area contributed by atoms with Gasteiger partial charge in [0.1, 0.15) is 4.90 Å². The highest BCUT2D eigenvalue weighted by atomic mass is 35.5. The smallest absolute Gasteiger partial charge is 0.241 e. The highest BCUT2D eigenvalue weighted by Gasteiger charge is 2.17. The zero-order valence-electron chi connectivity index (χ0n) is 13.6. The van der Waals surface area contributed by atoms with Gasteiger partial charge in [-0.25, -0.2) is 18.1 Å². The van der Waals surface area contributed by atoms with Crippen LogP contribution in [0.5, 0.6) is 0 Å². The first kappa shape index (κ1) is 17.9. The van der Waals surface area contributed by atoms with Crippen LogP contribution in [0.2, 0.25) is 5.02 Å². The number of rotatable bonds is 4. The molecular formula is C17H16ClN3O2S2. The van der Waals surface area contributed by atoms with Gasteiger partial charge in [0.2, 0.25) is 10.0 Å². The summed E-state index contributed by atoms with van der Waals surface area (Å²) in [7, 11) is -0.367. The molecule has 1 heterocycles. The number of para-hydroxylation sites is 1. The molecule has 0 bridgehead atoms. The van der Waals surface area contributed by atoms with Gasteiger partial charge in [-0.2, -0.15) is 0 Å². The molecule has 0 aliphatic carbocycles. The molecule has 1 N–H and O–H groups in total. The van der Waals surface area contributed by atoms with Crippen LogP contribution in [0.15, 0.2) is 63.8 Å². The fraction of sp³-hybridized carbons (Fsp3) is 0.118. The van der Waals surface area contributed by atoms with Crippen molar-refractivity contribution in [2.75, 3.05) is 7.05 Å². The number of hydrogen-bond donors (Lipinski definition) is 1. The van der Waals surface area contributed by atoms with E-state index in [1.165, 1.54) is 18.4 Å². The third-order valence-electron chi connectivity index (χ3n) is 3.69. The standard InChI is InChI=1S/C17H16ClN3O2S2/c1-19-25(22,23)16-10-12(8-9-14(16)18)15-11-24-17(21(15)2)20-13-6-4-3-5-7-13/h3-11,19H,1-2H3/b20-17+. The van der Waals surface area contributed by atoms with Crippen molar-refractivity contribution in [2.45, 2.75) is 4.90 Å². The van der Waals surface area contributed by atoms with Crippen molar-refractivity contribution >= 4 is 38.6 Å². The van der Waals surface area contributed by atoms with E-state index < -0.39 is 10.0 Å². The second-order valence-corrected chi connectivity index (χ2v) is 8.36. The van der Waals surface area contributed by atoms with Gasteiger partial charge in [-0.15, -0.1) is 11.3 Å². The van der Waals surface area contributed by atoms with Gasteiger partial charge in [0, 0.05) is 18.0 Å². The third kappa shape index (κ3) is 3.69. The van der Waals surface area contributed by atoms with Crippen LogP contribution in [-0.2, 0) is 17.1 Å². The minimum atomic E-state index is -3.63. The maximum atomic E-state index is 12.1. The van der Waals surface area contributed by atoms with E-state index in [9.17, 15) is 8.42 Å². The summed E-state index contributed by atoms with van der Waals surface area (Å²) in [4.78, 5) is 5.49. The molecule has 0 atom stereocenters. The van der Waals surface area contributed by atoms with Crippen LogP contribution in [0, 0.1) is 0 Å². The first-order chi connectivity index (χ1) is 11.9. The van der Waals surface area contributed by atoms with Crippen LogP contribution in [0.4, 0.5) is 5.69 Å². The second kappa shape index (κ2) is 7.13. The third-order valence-corrected chi connectivity index (χ3v) is 6.50. The molecule has 0 saturated carbocycles. The predicted octanol–water partition coefficient (Wildman–Crippen LogP) is 3.55. The molecule has 0 fully saturated rings. The molecule has 3 aromatic rings. The predicted molar refractivity (Wildman–Crippen MR) is 102 cm³/mol. The molecule has 0 saturated heterocycles. The monoisotopic (exact) mass is 393 g/mol. The van der Waals surface area contributed by atoms with E-state index in [1.54, 1.807) is 18.2 Å². The lowest BCUT2D eigenvalue weighted by Gasteiger charge is -2.08. The minimum Gasteiger partial charge on any atom is -0.320 e. The van der Waals surface area contributed by atoms with Crippen LogP contribution in [0.3, 0.4) is 0 Å². The lowest BCUT2D eigenvalue weighted by molar-refractivity contribution is 0.588. The number of benzene rings is 2. The molecule has 0 unspecified atom stereocenters. The quantitative estimate of drug-likeness (QED) is 0.736. The maximum Gasteiger partial charge on any atom is 0.241 e. The Bertz CT molecular complexity index is 1070. The van der Waals surface area contributed by atoms with E-state index in [0.717, 1.165) is 21.7 Å². The van der Waals surface area contributed by atoms with Crippen molar-refractivity contribution < 1.29 is 8.42 Å². The van der Waals surface area contributed by atoms with Gasteiger partial charge in [0.25, 0.3) is 0 Å². The van der Waals surface area contributed by atoms with E-state index in [1.807, 2.05) is 47.3 Å². The Morgan fingerprint density at radius 3 is 2.56 bits per heavy atom. The molecule has 5 nitrogen and oxygen atoms in total. The fourth-order valence-electron chi connectivity index (χ4n) is 2.32. The summed E-state index contributed by atoms with van der Waals surface area (Å²) in [6.45, 7) is 0. The van der Waals surface area contributed by atoms with Crippen LogP contribution < -0.4 is 9.52 Å². The van der Waals surface area contributed by atoms with E-state index in [0.29, 0.717) is 0 Å². The number of aromatic nitrogens is 1. The lowest BCUT2D eigenvalue weighted by atomic mass is 10.2. The number of sulfonamides is 1. The highest BCUT2D eigenvalue weighted by Crippen LogP contribution is 2.28. The number of thiazole rings is 1. The summed E-state index contributed by atoms with van der Waals surface area (Å²) in [6.07, 6.45) is 0. The van der Waals surface area contributed by atoms with Gasteiger partial charge in [-0.05, 0) is 31.3 Å². The summed E-state index contributed by atoms with van der Waals surface area (Å²) in [5, 5.41) is 2.13. The van der Waals surface area contributed by atoms with Gasteiger partial charge < -0.3 is 4.57 Å². The summed E-state index contributed by atoms with van der Waals surface area (Å²) in [5.41, 5.74) is 2.48. The molecule has 0 radical (unpaired) electrons. The van der Waals surface area contributed by atoms with E-state index in [4.69, 9.17) is 11.6 Å². The maximum absolute atomic E-state index is 12.1. The SMILES string of the molecule is CNS(=O)(=O)c1cc(-c2cs/c(=N/c3ccccc3)n2C)ccc1Cl. The van der Waals surface area contributed by atoms with Crippen molar-refractivity contribution in [2.24, 2.45) is 12.0 Å². The molecule has 25 heavy (non-hydrogen) atoms. The Morgan fingerprint density at radius 2 is 1.88 bits per heavy atom. The largest absolute Gasteiger partial charge is 0.320 e. The van der Waals surface area contributed by atoms with Gasteiger partial charge in [-0.1, -0.05) is 35.9 Å². The average molecular weight is 394 g/mol. The molecule has 8 heteroatoms. The van der Waals surface area contributed by atoms with Crippen LogP contribution in [-0.4, -0.2) is 20.0 Å². The van der Waals surface area contributed by atoms with Crippen molar-refractivity contribution in [1.82, 2.24) is 9.29 Å². The van der Waals surface area contributed by atoms with E-state index in [2.05, 4.69) is 9.71 Å². The van der Waals surface area contributed by atoms with Gasteiger partial charge in [0.05, 0.1) is 16.4 Å². The summed E-state index contributed by atoms with van der Waals surface area (Å²) >= 11 is 7.54. The summed E-state index contributed by atoms with van der Waals surface area (Å²) in [5.74, 6) is 0. The molecule has 3 rings (SSSR count). The second-order valence-electron chi connectivity index (χ2n) is 5.26. The average Bonchev–Trinajstić information content (AvgIpc) is 2.97. The number of nitrogens with zero attached hydrogens (tertiary/aromatic N) is 2. The zero-order chi connectivity index (χ0) is 18.0. The molecule has 0 amide bonds. The minimum absolute atomic E-state index is 0.0573. The van der Waals surface area contributed by atoms with Crippen molar-refractivity contribution in [1.29, 1.82) is 0 Å². The van der Waals surface area contributed by atoms with Gasteiger partial charge in [-0.3, -0.25) is 0 Å². The number of nitrogens with one attached hydrogen (secondary N) is 1. The zero-order valence-corrected chi connectivity index (χ0v) is 16.0. The Hall–Kier alpha value is -1.93. The first-order valence-electron chi connectivity index (χ1n) is 7.40. The Morgan fingerprint density at radius 1 is 1.16 bits per heavy atom. The molecule has 130 valence electrons. The van der Waals surface area contributed by atoms with Crippen LogP contribution >= 0.6 is 22.9 Å². The summed E-state index contributed by atoms with van der Waals surface area (Å²) in [6, 6.07) is 14.6. The fourth-order valence-corrected chi connectivity index (χ4v) is 4.50. The highest BCUT2D eigenvalue weighted by molar-refractivity contribution is 7.89. The molecule has 0 aliphatic heterocycles. The molecule has 2 aromatic carbocycles. The van der Waals surface area contributed by atoms with Crippen molar-refractivity contribution in [3.8, 4) is 11.3 Å². The van der Waals surface area contributed by atoms with E-state index in [-0.39, 0.29) is 9.92 Å². The molecular weight excluding hydrogens is 378 g/mol. The van der Waals surface area contributed by atoms with Crippen molar-refractivity contribution in [3.05, 3.63) is 63.7 Å². The normalized spacial score (nSPS) is 12.5. The van der Waals surface area contributed by atoms with Gasteiger partial charge in [0.15, 0.2) is 4.80 Å². The molecule has 0 aliphatic rings. The number of hydrogen-bond acceptors (Lipinski definition) is 4. The lowest BCUT2D eigenvalue weighted by Crippen LogP contribution is -2.19. The van der Waals surface area contributed by atoms with Crippen LogP contribution in [0.25, 0.3) is 11.3 Å². The Balaban J connectivity index is 2.11. The Labute approximate surface area is 155 Å².